The summed E-state index contributed by atoms with van der Waals surface area (Å²) in [6.45, 7) is 8.61. The average Bonchev–Trinajstić information content (AvgIpc) is 2.47. The van der Waals surface area contributed by atoms with Gasteiger partial charge < -0.3 is 4.90 Å². The zero-order chi connectivity index (χ0) is 13.9. The average molecular weight is 274 g/mol. The van der Waals surface area contributed by atoms with Crippen molar-refractivity contribution < 1.29 is 0 Å². The second kappa shape index (κ2) is 6.08. The molecule has 2 aliphatic rings. The Bertz CT molecular complexity index is 426. The molecule has 1 saturated carbocycles. The monoisotopic (exact) mass is 274 g/mol. The van der Waals surface area contributed by atoms with Crippen molar-refractivity contribution >= 4 is 5.82 Å². The minimum atomic E-state index is 0.847. The van der Waals surface area contributed by atoms with Crippen LogP contribution in [0.25, 0.3) is 0 Å². The lowest BCUT2D eigenvalue weighted by Gasteiger charge is -2.41. The highest BCUT2D eigenvalue weighted by atomic mass is 15.3. The number of aromatic nitrogens is 2. The van der Waals surface area contributed by atoms with Crippen molar-refractivity contribution in [2.24, 2.45) is 0 Å². The van der Waals surface area contributed by atoms with Gasteiger partial charge in [0.25, 0.3) is 0 Å². The zero-order valence-corrected chi connectivity index (χ0v) is 12.8. The molecule has 0 atom stereocenters. The number of anilines is 1. The van der Waals surface area contributed by atoms with Gasteiger partial charge in [-0.2, -0.15) is 0 Å². The van der Waals surface area contributed by atoms with E-state index in [0.29, 0.717) is 0 Å². The largest absolute Gasteiger partial charge is 0.354 e. The van der Waals surface area contributed by atoms with E-state index in [1.807, 2.05) is 6.92 Å². The summed E-state index contributed by atoms with van der Waals surface area (Å²) >= 11 is 0. The predicted molar refractivity (Wildman–Crippen MR) is 82.2 cm³/mol. The Balaban J connectivity index is 1.60. The predicted octanol–water partition coefficient (Wildman–Crippen LogP) is 2.55. The Hall–Kier alpha value is -1.16. The first-order valence-electron chi connectivity index (χ1n) is 8.03. The molecule has 1 aromatic rings. The molecule has 0 amide bonds. The molecule has 2 fully saturated rings. The highest BCUT2D eigenvalue weighted by molar-refractivity contribution is 5.40. The van der Waals surface area contributed by atoms with Crippen LogP contribution in [-0.4, -0.2) is 47.1 Å². The van der Waals surface area contributed by atoms with Crippen molar-refractivity contribution in [3.05, 3.63) is 17.6 Å². The van der Waals surface area contributed by atoms with Gasteiger partial charge in [-0.1, -0.05) is 19.3 Å². The summed E-state index contributed by atoms with van der Waals surface area (Å²) in [7, 11) is 0. The Morgan fingerprint density at radius 2 is 1.65 bits per heavy atom. The lowest BCUT2D eigenvalue weighted by atomic mass is 9.94. The summed E-state index contributed by atoms with van der Waals surface area (Å²) in [5.74, 6) is 1.99. The SMILES string of the molecule is Cc1cc(N2CCN(C3CCCCC3)CC2)nc(C)n1. The van der Waals surface area contributed by atoms with Crippen molar-refractivity contribution in [2.75, 3.05) is 31.1 Å². The van der Waals surface area contributed by atoms with Crippen LogP contribution >= 0.6 is 0 Å². The van der Waals surface area contributed by atoms with Gasteiger partial charge in [0.1, 0.15) is 11.6 Å². The molecule has 20 heavy (non-hydrogen) atoms. The van der Waals surface area contributed by atoms with Crippen LogP contribution in [0.4, 0.5) is 5.82 Å². The van der Waals surface area contributed by atoms with Crippen molar-refractivity contribution in [1.82, 2.24) is 14.9 Å². The minimum absolute atomic E-state index is 0.847. The van der Waals surface area contributed by atoms with Crippen LogP contribution in [-0.2, 0) is 0 Å². The molecule has 3 rings (SSSR count). The summed E-state index contributed by atoms with van der Waals surface area (Å²) in [6, 6.07) is 2.96. The first-order chi connectivity index (χ1) is 9.72. The number of nitrogens with zero attached hydrogens (tertiary/aromatic N) is 4. The van der Waals surface area contributed by atoms with Gasteiger partial charge in [0.15, 0.2) is 0 Å². The Labute approximate surface area is 122 Å². The van der Waals surface area contributed by atoms with Crippen molar-refractivity contribution in [3.63, 3.8) is 0 Å². The van der Waals surface area contributed by atoms with E-state index >= 15 is 0 Å². The van der Waals surface area contributed by atoms with Crippen molar-refractivity contribution in [1.29, 1.82) is 0 Å². The molecule has 4 heteroatoms. The van der Waals surface area contributed by atoms with E-state index in [2.05, 4.69) is 32.8 Å². The fourth-order valence-electron chi connectivity index (χ4n) is 3.62. The fourth-order valence-corrected chi connectivity index (χ4v) is 3.62. The number of aryl methyl sites for hydroxylation is 2. The lowest BCUT2D eigenvalue weighted by Crippen LogP contribution is -2.51. The molecular weight excluding hydrogens is 248 g/mol. The molecule has 1 aliphatic heterocycles. The van der Waals surface area contributed by atoms with Crippen LogP contribution in [0.3, 0.4) is 0 Å². The van der Waals surface area contributed by atoms with Gasteiger partial charge in [-0.25, -0.2) is 9.97 Å². The van der Waals surface area contributed by atoms with E-state index in [1.54, 1.807) is 0 Å². The van der Waals surface area contributed by atoms with Crippen molar-refractivity contribution in [2.45, 2.75) is 52.0 Å². The van der Waals surface area contributed by atoms with Gasteiger partial charge in [-0.05, 0) is 26.7 Å². The van der Waals surface area contributed by atoms with Crippen LogP contribution in [0.2, 0.25) is 0 Å². The molecule has 1 aliphatic carbocycles. The van der Waals surface area contributed by atoms with Crippen LogP contribution in [0.1, 0.15) is 43.6 Å². The first-order valence-corrected chi connectivity index (χ1v) is 8.03. The lowest BCUT2D eigenvalue weighted by molar-refractivity contribution is 0.147. The second-order valence-corrected chi connectivity index (χ2v) is 6.23. The molecule has 0 aromatic carbocycles. The summed E-state index contributed by atoms with van der Waals surface area (Å²) in [4.78, 5) is 14.1. The zero-order valence-electron chi connectivity index (χ0n) is 12.8. The van der Waals surface area contributed by atoms with Crippen LogP contribution < -0.4 is 4.90 Å². The second-order valence-electron chi connectivity index (χ2n) is 6.23. The first kappa shape index (κ1) is 13.8. The van der Waals surface area contributed by atoms with Gasteiger partial charge in [-0.3, -0.25) is 4.90 Å². The molecule has 110 valence electrons. The van der Waals surface area contributed by atoms with E-state index in [0.717, 1.165) is 36.5 Å². The van der Waals surface area contributed by atoms with E-state index in [1.165, 1.54) is 45.2 Å². The minimum Gasteiger partial charge on any atom is -0.354 e. The Kier molecular flexibility index (Phi) is 4.20. The summed E-state index contributed by atoms with van der Waals surface area (Å²) in [6.07, 6.45) is 7.11. The maximum Gasteiger partial charge on any atom is 0.132 e. The quantitative estimate of drug-likeness (QED) is 0.829. The van der Waals surface area contributed by atoms with Gasteiger partial charge >= 0.3 is 0 Å². The van der Waals surface area contributed by atoms with E-state index in [4.69, 9.17) is 0 Å². The number of hydrogen-bond donors (Lipinski definition) is 0. The van der Waals surface area contributed by atoms with Crippen LogP contribution in [0, 0.1) is 13.8 Å². The molecule has 4 nitrogen and oxygen atoms in total. The number of piperazine rings is 1. The number of hydrogen-bond acceptors (Lipinski definition) is 4. The standard InChI is InChI=1S/C16H26N4/c1-13-12-16(18-14(2)17-13)20-10-8-19(9-11-20)15-6-4-3-5-7-15/h12,15H,3-11H2,1-2H3. The summed E-state index contributed by atoms with van der Waals surface area (Å²) in [5, 5.41) is 0. The molecular formula is C16H26N4. The molecule has 2 heterocycles. The van der Waals surface area contributed by atoms with Gasteiger partial charge in [0.2, 0.25) is 0 Å². The third-order valence-corrected chi connectivity index (χ3v) is 4.68. The molecule has 1 saturated heterocycles. The van der Waals surface area contributed by atoms with Gasteiger partial charge in [-0.15, -0.1) is 0 Å². The topological polar surface area (TPSA) is 32.3 Å². The van der Waals surface area contributed by atoms with E-state index in [-0.39, 0.29) is 0 Å². The van der Waals surface area contributed by atoms with Crippen molar-refractivity contribution in [3.8, 4) is 0 Å². The third-order valence-electron chi connectivity index (χ3n) is 4.68. The van der Waals surface area contributed by atoms with Crippen LogP contribution in [0.5, 0.6) is 0 Å². The summed E-state index contributed by atoms with van der Waals surface area (Å²) < 4.78 is 0. The van der Waals surface area contributed by atoms with Gasteiger partial charge in [0.05, 0.1) is 0 Å². The Morgan fingerprint density at radius 1 is 0.950 bits per heavy atom. The molecule has 0 spiro atoms. The number of rotatable bonds is 2. The van der Waals surface area contributed by atoms with Crippen LogP contribution in [0.15, 0.2) is 6.07 Å². The van der Waals surface area contributed by atoms with E-state index in [9.17, 15) is 0 Å². The Morgan fingerprint density at radius 3 is 2.30 bits per heavy atom. The molecule has 1 aromatic heterocycles. The smallest absolute Gasteiger partial charge is 0.132 e. The fraction of sp³-hybridized carbons (Fsp3) is 0.750. The highest BCUT2D eigenvalue weighted by Gasteiger charge is 2.25. The molecule has 0 bridgehead atoms. The third kappa shape index (κ3) is 3.11. The normalized spacial score (nSPS) is 22.2. The summed E-state index contributed by atoms with van der Waals surface area (Å²) in [5.41, 5.74) is 1.07. The highest BCUT2D eigenvalue weighted by Crippen LogP contribution is 2.24. The molecule has 0 N–H and O–H groups in total. The molecule has 0 radical (unpaired) electrons. The van der Waals surface area contributed by atoms with E-state index < -0.39 is 0 Å². The maximum atomic E-state index is 4.59. The maximum absolute atomic E-state index is 4.59. The van der Waals surface area contributed by atoms with Gasteiger partial charge in [0, 0.05) is 44.0 Å². The molecule has 0 unspecified atom stereocenters.